The number of carbonyl (C=O) groups is 4. The number of rotatable bonds is 11. The molecule has 2 amide bonds. The summed E-state index contributed by atoms with van der Waals surface area (Å²) >= 11 is 0. The van der Waals surface area contributed by atoms with Gasteiger partial charge in [-0.2, -0.15) is 0 Å². The van der Waals surface area contributed by atoms with Crippen LogP contribution in [0.5, 0.6) is 0 Å². The lowest BCUT2D eigenvalue weighted by atomic mass is 10.2. The molecule has 0 unspecified atom stereocenters. The topological polar surface area (TPSA) is 133 Å². The Hall–Kier alpha value is -1.42. The molecular formula is C14H24N2O6S2. The van der Waals surface area contributed by atoms with Gasteiger partial charge in [0, 0.05) is 23.3 Å². The highest BCUT2D eigenvalue weighted by molar-refractivity contribution is 8.76. The molecule has 0 aromatic heterocycles. The molecule has 4 N–H and O–H groups in total. The van der Waals surface area contributed by atoms with Gasteiger partial charge in [0.2, 0.25) is 11.8 Å². The molecule has 138 valence electrons. The molecule has 0 rings (SSSR count). The minimum Gasteiger partial charge on any atom is -0.480 e. The molecule has 0 radical (unpaired) electrons. The number of aliphatic carboxylic acids is 2. The second-order valence-corrected chi connectivity index (χ2v) is 8.23. The summed E-state index contributed by atoms with van der Waals surface area (Å²) in [7, 11) is 2.26. The molecule has 8 nitrogen and oxygen atoms in total. The second kappa shape index (κ2) is 11.2. The third-order valence-corrected chi connectivity index (χ3v) is 5.25. The SMILES string of the molecule is CC(C)C(=O)N[C@H](CSSC[C@@H](NC(=O)C(C)C)C(=O)O)C(=O)O. The van der Waals surface area contributed by atoms with E-state index < -0.39 is 24.0 Å². The first-order chi connectivity index (χ1) is 11.1. The van der Waals surface area contributed by atoms with Crippen LogP contribution in [0.3, 0.4) is 0 Å². The molecule has 0 aliphatic heterocycles. The van der Waals surface area contributed by atoms with Gasteiger partial charge in [0.25, 0.3) is 0 Å². The molecule has 0 fully saturated rings. The molecule has 0 aliphatic rings. The van der Waals surface area contributed by atoms with E-state index in [0.29, 0.717) is 0 Å². The van der Waals surface area contributed by atoms with Crippen molar-refractivity contribution in [2.45, 2.75) is 39.8 Å². The monoisotopic (exact) mass is 380 g/mol. The van der Waals surface area contributed by atoms with Gasteiger partial charge in [-0.15, -0.1) is 0 Å². The van der Waals surface area contributed by atoms with Crippen LogP contribution in [0.1, 0.15) is 27.7 Å². The summed E-state index contributed by atoms with van der Waals surface area (Å²) in [4.78, 5) is 45.4. The maximum Gasteiger partial charge on any atom is 0.327 e. The maximum absolute atomic E-state index is 11.6. The summed E-state index contributed by atoms with van der Waals surface area (Å²) in [5.41, 5.74) is 0. The van der Waals surface area contributed by atoms with Crippen LogP contribution in [-0.4, -0.2) is 57.6 Å². The van der Waals surface area contributed by atoms with Crippen LogP contribution in [-0.2, 0) is 19.2 Å². The Balaban J connectivity index is 4.39. The first-order valence-electron chi connectivity index (χ1n) is 7.37. The number of carboxylic acids is 2. The number of carboxylic acid groups (broad SMARTS) is 2. The lowest BCUT2D eigenvalue weighted by Crippen LogP contribution is -2.45. The summed E-state index contributed by atoms with van der Waals surface area (Å²) in [6, 6.07) is -2.10. The fourth-order valence-corrected chi connectivity index (χ4v) is 3.57. The molecule has 0 spiro atoms. The number of nitrogens with one attached hydrogen (secondary N) is 2. The van der Waals surface area contributed by atoms with Crippen molar-refractivity contribution in [1.29, 1.82) is 0 Å². The molecule has 0 aromatic carbocycles. The summed E-state index contributed by atoms with van der Waals surface area (Å²) in [6.45, 7) is 6.63. The van der Waals surface area contributed by atoms with Crippen molar-refractivity contribution in [2.75, 3.05) is 11.5 Å². The minimum atomic E-state index is -1.15. The Morgan fingerprint density at radius 2 is 1.04 bits per heavy atom. The van der Waals surface area contributed by atoms with E-state index in [-0.39, 0.29) is 35.2 Å². The summed E-state index contributed by atoms with van der Waals surface area (Å²) in [6.07, 6.45) is 0. The molecule has 0 heterocycles. The number of carbonyl (C=O) groups excluding carboxylic acids is 2. The van der Waals surface area contributed by atoms with Gasteiger partial charge in [-0.1, -0.05) is 49.3 Å². The molecule has 0 saturated carbocycles. The van der Waals surface area contributed by atoms with E-state index in [4.69, 9.17) is 10.2 Å². The first-order valence-corrected chi connectivity index (χ1v) is 9.85. The maximum atomic E-state index is 11.6. The fraction of sp³-hybridized carbons (Fsp3) is 0.714. The van der Waals surface area contributed by atoms with Crippen LogP contribution < -0.4 is 10.6 Å². The molecule has 0 bridgehead atoms. The largest absolute Gasteiger partial charge is 0.480 e. The van der Waals surface area contributed by atoms with Gasteiger partial charge in [0.15, 0.2) is 0 Å². The number of hydrogen-bond donors (Lipinski definition) is 4. The van der Waals surface area contributed by atoms with E-state index in [0.717, 1.165) is 21.6 Å². The molecule has 0 saturated heterocycles. The van der Waals surface area contributed by atoms with Crippen LogP contribution in [0.25, 0.3) is 0 Å². The normalized spacial score (nSPS) is 13.4. The molecule has 2 atom stereocenters. The van der Waals surface area contributed by atoms with Gasteiger partial charge in [-0.05, 0) is 0 Å². The zero-order valence-corrected chi connectivity index (χ0v) is 15.7. The standard InChI is InChI=1S/C14H24N2O6S2/c1-7(2)11(17)15-9(13(19)20)5-23-24-6-10(14(21)22)16-12(18)8(3)4/h7-10H,5-6H2,1-4H3,(H,15,17)(H,16,18)(H,19,20)(H,21,22)/t9-,10-/m1/s1. The van der Waals surface area contributed by atoms with Gasteiger partial charge in [-0.3, -0.25) is 9.59 Å². The van der Waals surface area contributed by atoms with E-state index in [9.17, 15) is 19.2 Å². The quantitative estimate of drug-likeness (QED) is 0.306. The van der Waals surface area contributed by atoms with Crippen LogP contribution in [0.2, 0.25) is 0 Å². The zero-order chi connectivity index (χ0) is 18.9. The van der Waals surface area contributed by atoms with E-state index in [2.05, 4.69) is 10.6 Å². The van der Waals surface area contributed by atoms with Crippen molar-refractivity contribution in [3.8, 4) is 0 Å². The van der Waals surface area contributed by atoms with Crippen molar-refractivity contribution < 1.29 is 29.4 Å². The van der Waals surface area contributed by atoms with Gasteiger partial charge < -0.3 is 20.8 Å². The smallest absolute Gasteiger partial charge is 0.327 e. The summed E-state index contributed by atoms with van der Waals surface area (Å²) < 4.78 is 0. The molecule has 24 heavy (non-hydrogen) atoms. The summed E-state index contributed by atoms with van der Waals surface area (Å²) in [5, 5.41) is 23.0. The second-order valence-electron chi connectivity index (χ2n) is 5.68. The molecule has 0 aliphatic carbocycles. The summed E-state index contributed by atoms with van der Waals surface area (Å²) in [5.74, 6) is -3.51. The van der Waals surface area contributed by atoms with Crippen molar-refractivity contribution >= 4 is 45.3 Å². The van der Waals surface area contributed by atoms with Gasteiger partial charge >= 0.3 is 11.9 Å². The van der Waals surface area contributed by atoms with Crippen LogP contribution in [0.15, 0.2) is 0 Å². The Morgan fingerprint density at radius 3 is 1.25 bits per heavy atom. The highest BCUT2D eigenvalue weighted by atomic mass is 33.1. The Kier molecular flexibility index (Phi) is 10.5. The van der Waals surface area contributed by atoms with E-state index in [1.54, 1.807) is 27.7 Å². The number of hydrogen-bond acceptors (Lipinski definition) is 6. The third kappa shape index (κ3) is 9.02. The Bertz CT molecular complexity index is 428. The molecule has 0 aromatic rings. The lowest BCUT2D eigenvalue weighted by molar-refractivity contribution is -0.141. The van der Waals surface area contributed by atoms with Crippen molar-refractivity contribution in [1.82, 2.24) is 10.6 Å². The van der Waals surface area contributed by atoms with Crippen LogP contribution in [0, 0.1) is 11.8 Å². The van der Waals surface area contributed by atoms with Gasteiger partial charge in [0.1, 0.15) is 12.1 Å². The van der Waals surface area contributed by atoms with E-state index >= 15 is 0 Å². The third-order valence-electron chi connectivity index (χ3n) is 2.83. The number of amides is 2. The highest BCUT2D eigenvalue weighted by Crippen LogP contribution is 2.23. The minimum absolute atomic E-state index is 0.0862. The van der Waals surface area contributed by atoms with Crippen molar-refractivity contribution in [3.63, 3.8) is 0 Å². The average Bonchev–Trinajstić information content (AvgIpc) is 2.47. The van der Waals surface area contributed by atoms with Crippen molar-refractivity contribution in [3.05, 3.63) is 0 Å². The van der Waals surface area contributed by atoms with Crippen LogP contribution in [0.4, 0.5) is 0 Å². The first kappa shape index (κ1) is 22.6. The molecular weight excluding hydrogens is 356 g/mol. The van der Waals surface area contributed by atoms with Gasteiger partial charge in [0.05, 0.1) is 0 Å². The average molecular weight is 380 g/mol. The Morgan fingerprint density at radius 1 is 0.750 bits per heavy atom. The van der Waals surface area contributed by atoms with Crippen molar-refractivity contribution in [2.24, 2.45) is 11.8 Å². The molecule has 10 heteroatoms. The highest BCUT2D eigenvalue weighted by Gasteiger charge is 2.24. The van der Waals surface area contributed by atoms with Gasteiger partial charge in [-0.25, -0.2) is 9.59 Å². The zero-order valence-electron chi connectivity index (χ0n) is 14.1. The predicted octanol–water partition coefficient (Wildman–Crippen LogP) is 0.819. The fourth-order valence-electron chi connectivity index (χ4n) is 1.26. The predicted molar refractivity (Wildman–Crippen MR) is 93.7 cm³/mol. The van der Waals surface area contributed by atoms with Crippen LogP contribution >= 0.6 is 21.6 Å². The van der Waals surface area contributed by atoms with E-state index in [1.165, 1.54) is 0 Å². The Labute approximate surface area is 148 Å². The lowest BCUT2D eigenvalue weighted by Gasteiger charge is -2.17. The van der Waals surface area contributed by atoms with E-state index in [1.807, 2.05) is 0 Å².